The van der Waals surface area contributed by atoms with Gasteiger partial charge in [-0.1, -0.05) is 6.58 Å². The van der Waals surface area contributed by atoms with E-state index in [2.05, 4.69) is 11.9 Å². The summed E-state index contributed by atoms with van der Waals surface area (Å²) in [6.07, 6.45) is 3.31. The van der Waals surface area contributed by atoms with Gasteiger partial charge in [-0.05, 0) is 33.6 Å². The minimum atomic E-state index is -0.549. The number of esters is 2. The van der Waals surface area contributed by atoms with Crippen molar-refractivity contribution in [2.75, 3.05) is 13.2 Å². The molecule has 0 aromatic carbocycles. The molecule has 21 heavy (non-hydrogen) atoms. The Morgan fingerprint density at radius 2 is 1.86 bits per heavy atom. The van der Waals surface area contributed by atoms with Crippen LogP contribution in [0.15, 0.2) is 24.3 Å². The molecule has 0 aromatic rings. The van der Waals surface area contributed by atoms with Crippen molar-refractivity contribution in [3.8, 4) is 0 Å². The van der Waals surface area contributed by atoms with Crippen LogP contribution >= 0.6 is 0 Å². The van der Waals surface area contributed by atoms with Crippen LogP contribution in [0.1, 0.15) is 33.6 Å². The Balaban J connectivity index is 3.67. The van der Waals surface area contributed by atoms with Gasteiger partial charge in [0.1, 0.15) is 0 Å². The van der Waals surface area contributed by atoms with E-state index in [0.717, 1.165) is 12.2 Å². The van der Waals surface area contributed by atoms with Gasteiger partial charge in [-0.25, -0.2) is 9.59 Å². The van der Waals surface area contributed by atoms with Crippen molar-refractivity contribution in [3.05, 3.63) is 24.3 Å². The first-order valence-corrected chi connectivity index (χ1v) is 6.82. The second-order valence-corrected chi connectivity index (χ2v) is 4.73. The Bertz CT molecular complexity index is 412. The van der Waals surface area contributed by atoms with E-state index in [0.29, 0.717) is 25.0 Å². The molecule has 0 heterocycles. The summed E-state index contributed by atoms with van der Waals surface area (Å²) >= 11 is 0. The highest BCUT2D eigenvalue weighted by Gasteiger charge is 2.03. The van der Waals surface area contributed by atoms with Gasteiger partial charge < -0.3 is 14.8 Å². The number of rotatable bonds is 9. The first-order valence-electron chi connectivity index (χ1n) is 6.82. The largest absolute Gasteiger partial charge is 0.462 e. The standard InChI is InChI=1S/C15H23NO5/c1-11(2)15(19)20-10-6-5-9-16-13(17)7-8-14(18)21-12(3)4/h7-8,12H,1,5-6,9-10H2,2-4H3,(H,16,17)/b8-7+. The van der Waals surface area contributed by atoms with Gasteiger partial charge >= 0.3 is 11.9 Å². The zero-order valence-electron chi connectivity index (χ0n) is 12.8. The van der Waals surface area contributed by atoms with Crippen LogP contribution in [0.25, 0.3) is 0 Å². The molecule has 0 rings (SSSR count). The molecule has 0 fully saturated rings. The summed E-state index contributed by atoms with van der Waals surface area (Å²) < 4.78 is 9.74. The van der Waals surface area contributed by atoms with Crippen LogP contribution in [0.3, 0.4) is 0 Å². The summed E-state index contributed by atoms with van der Waals surface area (Å²) in [6.45, 7) is 9.24. The maximum atomic E-state index is 11.4. The van der Waals surface area contributed by atoms with Gasteiger partial charge in [-0.15, -0.1) is 0 Å². The lowest BCUT2D eigenvalue weighted by Crippen LogP contribution is -2.23. The molecule has 0 aromatic heterocycles. The third-order valence-electron chi connectivity index (χ3n) is 2.17. The maximum Gasteiger partial charge on any atom is 0.333 e. The molecule has 0 saturated heterocycles. The quantitative estimate of drug-likeness (QED) is 0.396. The summed E-state index contributed by atoms with van der Waals surface area (Å²) in [5.74, 6) is -1.33. The molecular formula is C15H23NO5. The van der Waals surface area contributed by atoms with Crippen molar-refractivity contribution in [1.82, 2.24) is 5.32 Å². The van der Waals surface area contributed by atoms with E-state index >= 15 is 0 Å². The van der Waals surface area contributed by atoms with Crippen molar-refractivity contribution in [2.24, 2.45) is 0 Å². The number of unbranched alkanes of at least 4 members (excludes halogenated alkanes) is 1. The number of hydrogen-bond donors (Lipinski definition) is 1. The number of carbonyl (C=O) groups is 3. The summed E-state index contributed by atoms with van der Waals surface area (Å²) in [5.41, 5.74) is 0.363. The summed E-state index contributed by atoms with van der Waals surface area (Å²) in [6, 6.07) is 0. The van der Waals surface area contributed by atoms with Crippen LogP contribution in [0.5, 0.6) is 0 Å². The summed E-state index contributed by atoms with van der Waals surface area (Å²) in [4.78, 5) is 33.6. The van der Waals surface area contributed by atoms with Crippen molar-refractivity contribution in [3.63, 3.8) is 0 Å². The van der Waals surface area contributed by atoms with Gasteiger partial charge in [0.05, 0.1) is 12.7 Å². The normalized spacial score (nSPS) is 10.5. The van der Waals surface area contributed by atoms with Gasteiger partial charge in [0.15, 0.2) is 0 Å². The fraction of sp³-hybridized carbons (Fsp3) is 0.533. The fourth-order valence-corrected chi connectivity index (χ4v) is 1.20. The first kappa shape index (κ1) is 18.9. The number of amides is 1. The SMILES string of the molecule is C=C(C)C(=O)OCCCCNC(=O)/C=C/C(=O)OC(C)C. The Morgan fingerprint density at radius 1 is 1.19 bits per heavy atom. The van der Waals surface area contributed by atoms with E-state index in [4.69, 9.17) is 9.47 Å². The van der Waals surface area contributed by atoms with E-state index in [9.17, 15) is 14.4 Å². The molecule has 6 heteroatoms. The van der Waals surface area contributed by atoms with Crippen LogP contribution in [-0.4, -0.2) is 37.1 Å². The minimum absolute atomic E-state index is 0.216. The second kappa shape index (κ2) is 10.7. The van der Waals surface area contributed by atoms with Crippen molar-refractivity contribution < 1.29 is 23.9 Å². The van der Waals surface area contributed by atoms with E-state index in [1.807, 2.05) is 0 Å². The number of ether oxygens (including phenoxy) is 2. The van der Waals surface area contributed by atoms with Crippen LogP contribution < -0.4 is 5.32 Å². The molecule has 0 unspecified atom stereocenters. The Labute approximate surface area is 125 Å². The first-order chi connectivity index (χ1) is 9.82. The number of nitrogens with one attached hydrogen (secondary N) is 1. The molecule has 0 saturated carbocycles. The topological polar surface area (TPSA) is 81.7 Å². The van der Waals surface area contributed by atoms with Crippen LogP contribution in [0.4, 0.5) is 0 Å². The fourth-order valence-electron chi connectivity index (χ4n) is 1.20. The lowest BCUT2D eigenvalue weighted by molar-refractivity contribution is -0.141. The number of carbonyl (C=O) groups excluding carboxylic acids is 3. The van der Waals surface area contributed by atoms with E-state index in [1.54, 1.807) is 20.8 Å². The van der Waals surface area contributed by atoms with Gasteiger partial charge in [-0.3, -0.25) is 4.79 Å². The average molecular weight is 297 g/mol. The molecular weight excluding hydrogens is 274 g/mol. The highest BCUT2D eigenvalue weighted by atomic mass is 16.5. The smallest absolute Gasteiger partial charge is 0.333 e. The molecule has 1 N–H and O–H groups in total. The summed E-state index contributed by atoms with van der Waals surface area (Å²) in [5, 5.41) is 2.61. The predicted molar refractivity (Wildman–Crippen MR) is 78.4 cm³/mol. The van der Waals surface area contributed by atoms with E-state index in [1.165, 1.54) is 0 Å². The molecule has 118 valence electrons. The summed E-state index contributed by atoms with van der Waals surface area (Å²) in [7, 11) is 0. The number of hydrogen-bond acceptors (Lipinski definition) is 5. The van der Waals surface area contributed by atoms with Gasteiger partial charge in [-0.2, -0.15) is 0 Å². The predicted octanol–water partition coefficient (Wildman–Crippen LogP) is 1.51. The molecule has 0 radical (unpaired) electrons. The van der Waals surface area contributed by atoms with Crippen LogP contribution in [0, 0.1) is 0 Å². The van der Waals surface area contributed by atoms with Crippen molar-refractivity contribution >= 4 is 17.8 Å². The van der Waals surface area contributed by atoms with Crippen molar-refractivity contribution in [1.29, 1.82) is 0 Å². The zero-order valence-corrected chi connectivity index (χ0v) is 12.8. The van der Waals surface area contributed by atoms with Gasteiger partial charge in [0, 0.05) is 24.3 Å². The van der Waals surface area contributed by atoms with Gasteiger partial charge in [0.2, 0.25) is 5.91 Å². The zero-order chi connectivity index (χ0) is 16.3. The Hall–Kier alpha value is -2.11. The third-order valence-corrected chi connectivity index (χ3v) is 2.17. The van der Waals surface area contributed by atoms with E-state index in [-0.39, 0.29) is 18.6 Å². The molecule has 0 aliphatic carbocycles. The molecule has 1 amide bonds. The Kier molecular flexibility index (Phi) is 9.58. The molecule has 0 atom stereocenters. The molecule has 0 bridgehead atoms. The molecule has 0 spiro atoms. The lowest BCUT2D eigenvalue weighted by atomic mass is 10.3. The third kappa shape index (κ3) is 11.4. The van der Waals surface area contributed by atoms with E-state index < -0.39 is 11.9 Å². The highest BCUT2D eigenvalue weighted by Crippen LogP contribution is 1.95. The van der Waals surface area contributed by atoms with Crippen molar-refractivity contribution in [2.45, 2.75) is 39.7 Å². The van der Waals surface area contributed by atoms with Gasteiger partial charge in [0.25, 0.3) is 0 Å². The highest BCUT2D eigenvalue weighted by molar-refractivity contribution is 5.94. The monoisotopic (exact) mass is 297 g/mol. The van der Waals surface area contributed by atoms with Crippen LogP contribution in [-0.2, 0) is 23.9 Å². The second-order valence-electron chi connectivity index (χ2n) is 4.73. The Morgan fingerprint density at radius 3 is 2.43 bits per heavy atom. The average Bonchev–Trinajstić information content (AvgIpc) is 2.39. The van der Waals surface area contributed by atoms with Crippen LogP contribution in [0.2, 0.25) is 0 Å². The maximum absolute atomic E-state index is 11.4. The minimum Gasteiger partial charge on any atom is -0.462 e. The lowest BCUT2D eigenvalue weighted by Gasteiger charge is -2.05. The molecule has 6 nitrogen and oxygen atoms in total. The molecule has 0 aliphatic rings. The molecule has 0 aliphatic heterocycles.